The van der Waals surface area contributed by atoms with Crippen molar-refractivity contribution in [1.29, 1.82) is 0 Å². The predicted octanol–water partition coefficient (Wildman–Crippen LogP) is 4.87. The molecule has 0 N–H and O–H groups in total. The molecule has 2 aromatic carbocycles. The lowest BCUT2D eigenvalue weighted by Crippen LogP contribution is -2.12. The lowest BCUT2D eigenvalue weighted by Gasteiger charge is -2.09. The molecule has 0 radical (unpaired) electrons. The Hall–Kier alpha value is -2.42. The van der Waals surface area contributed by atoms with Gasteiger partial charge in [0, 0.05) is 7.05 Å². The normalized spacial score (nSPS) is 11.5. The van der Waals surface area contributed by atoms with Gasteiger partial charge in [-0.05, 0) is 49.9 Å². The first-order valence-corrected chi connectivity index (χ1v) is 7.42. The van der Waals surface area contributed by atoms with Crippen molar-refractivity contribution in [2.45, 2.75) is 27.7 Å². The Bertz CT molecular complexity index is 613. The van der Waals surface area contributed by atoms with Crippen LogP contribution in [0.25, 0.3) is 0 Å². The van der Waals surface area contributed by atoms with E-state index in [1.54, 1.807) is 12.7 Å². The van der Waals surface area contributed by atoms with Crippen molar-refractivity contribution in [2.24, 2.45) is 9.98 Å². The molecule has 0 bridgehead atoms. The zero-order chi connectivity index (χ0) is 16.1. The quantitative estimate of drug-likeness (QED) is 0.583. The number of rotatable bonds is 4. The standard InChI is InChI=1S/C19H23N3/c1-14-8-6-9-15(2)18(14)20-12-22(5)13-21-19-16(3)10-7-11-17(19)4/h6-13H,1-5H3/b20-12+,21-13+. The van der Waals surface area contributed by atoms with Gasteiger partial charge in [-0.3, -0.25) is 0 Å². The van der Waals surface area contributed by atoms with E-state index in [4.69, 9.17) is 0 Å². The van der Waals surface area contributed by atoms with Crippen molar-refractivity contribution < 1.29 is 0 Å². The third kappa shape index (κ3) is 3.82. The Labute approximate surface area is 133 Å². The minimum atomic E-state index is 1.02. The van der Waals surface area contributed by atoms with Gasteiger partial charge in [0.15, 0.2) is 0 Å². The van der Waals surface area contributed by atoms with Gasteiger partial charge < -0.3 is 4.90 Å². The number of nitrogens with zero attached hydrogens (tertiary/aromatic N) is 3. The Morgan fingerprint density at radius 2 is 1.00 bits per heavy atom. The largest absolute Gasteiger partial charge is 0.326 e. The van der Waals surface area contributed by atoms with Gasteiger partial charge in [0.2, 0.25) is 0 Å². The summed E-state index contributed by atoms with van der Waals surface area (Å²) in [7, 11) is 1.94. The van der Waals surface area contributed by atoms with Crippen LogP contribution in [0, 0.1) is 27.7 Å². The van der Waals surface area contributed by atoms with E-state index in [1.165, 1.54) is 22.3 Å². The first-order chi connectivity index (χ1) is 10.5. The van der Waals surface area contributed by atoms with Crippen molar-refractivity contribution >= 4 is 24.1 Å². The van der Waals surface area contributed by atoms with Crippen LogP contribution in [0.5, 0.6) is 0 Å². The Balaban J connectivity index is 2.15. The topological polar surface area (TPSA) is 28.0 Å². The van der Waals surface area contributed by atoms with Crippen LogP contribution in [0.2, 0.25) is 0 Å². The van der Waals surface area contributed by atoms with Gasteiger partial charge in [-0.1, -0.05) is 36.4 Å². The van der Waals surface area contributed by atoms with E-state index in [1.807, 2.05) is 11.9 Å². The summed E-state index contributed by atoms with van der Waals surface area (Å²) < 4.78 is 0. The summed E-state index contributed by atoms with van der Waals surface area (Å²) >= 11 is 0. The number of aliphatic imine (C=N–C) groups is 2. The highest BCUT2D eigenvalue weighted by Gasteiger charge is 2.00. The van der Waals surface area contributed by atoms with E-state index in [9.17, 15) is 0 Å². The molecule has 0 atom stereocenters. The van der Waals surface area contributed by atoms with E-state index >= 15 is 0 Å². The summed E-state index contributed by atoms with van der Waals surface area (Å²) in [6, 6.07) is 12.4. The van der Waals surface area contributed by atoms with Gasteiger partial charge in [0.25, 0.3) is 0 Å². The van der Waals surface area contributed by atoms with E-state index in [2.05, 4.69) is 74.1 Å². The van der Waals surface area contributed by atoms with Crippen molar-refractivity contribution in [1.82, 2.24) is 4.90 Å². The van der Waals surface area contributed by atoms with Gasteiger partial charge in [-0.2, -0.15) is 0 Å². The van der Waals surface area contributed by atoms with Crippen LogP contribution in [0.15, 0.2) is 46.4 Å². The highest BCUT2D eigenvalue weighted by molar-refractivity contribution is 5.79. The van der Waals surface area contributed by atoms with Crippen molar-refractivity contribution in [2.75, 3.05) is 7.05 Å². The van der Waals surface area contributed by atoms with Crippen LogP contribution in [-0.4, -0.2) is 24.6 Å². The number of para-hydroxylation sites is 2. The molecular weight excluding hydrogens is 270 g/mol. The average molecular weight is 293 g/mol. The van der Waals surface area contributed by atoms with Crippen LogP contribution in [0.1, 0.15) is 22.3 Å². The molecule has 0 spiro atoms. The van der Waals surface area contributed by atoms with Crippen LogP contribution in [0.4, 0.5) is 11.4 Å². The zero-order valence-electron chi connectivity index (χ0n) is 14.0. The molecule has 3 heteroatoms. The average Bonchev–Trinajstić information content (AvgIpc) is 2.46. The molecule has 0 saturated heterocycles. The summed E-state index contributed by atoms with van der Waals surface area (Å²) in [5.41, 5.74) is 6.75. The summed E-state index contributed by atoms with van der Waals surface area (Å²) in [4.78, 5) is 11.0. The Kier molecular flexibility index (Phi) is 5.10. The lowest BCUT2D eigenvalue weighted by atomic mass is 10.1. The fourth-order valence-electron chi connectivity index (χ4n) is 2.35. The highest BCUT2D eigenvalue weighted by Crippen LogP contribution is 2.23. The summed E-state index contributed by atoms with van der Waals surface area (Å²) in [6.07, 6.45) is 3.60. The molecule has 2 rings (SSSR count). The first kappa shape index (κ1) is 16.0. The van der Waals surface area contributed by atoms with E-state index in [0.717, 1.165) is 11.4 Å². The fraction of sp³-hybridized carbons (Fsp3) is 0.263. The maximum atomic E-state index is 4.57. The van der Waals surface area contributed by atoms with Crippen LogP contribution >= 0.6 is 0 Å². The Morgan fingerprint density at radius 3 is 1.32 bits per heavy atom. The van der Waals surface area contributed by atoms with Gasteiger partial charge in [-0.15, -0.1) is 0 Å². The molecule has 0 unspecified atom stereocenters. The highest BCUT2D eigenvalue weighted by atomic mass is 15.1. The minimum absolute atomic E-state index is 1.02. The number of aryl methyl sites for hydroxylation is 4. The summed E-state index contributed by atoms with van der Waals surface area (Å²) in [5.74, 6) is 0. The molecule has 0 aliphatic carbocycles. The molecule has 0 fully saturated rings. The maximum absolute atomic E-state index is 4.57. The molecule has 0 aliphatic heterocycles. The SMILES string of the molecule is Cc1cccc(C)c1/N=C/N(C)/C=N/c1c(C)cccc1C. The second-order valence-electron chi connectivity index (χ2n) is 5.64. The maximum Gasteiger partial charge on any atom is 0.0961 e. The smallest absolute Gasteiger partial charge is 0.0961 e. The lowest BCUT2D eigenvalue weighted by molar-refractivity contribution is 0.801. The monoisotopic (exact) mass is 293 g/mol. The molecule has 2 aromatic rings. The Morgan fingerprint density at radius 1 is 0.682 bits per heavy atom. The van der Waals surface area contributed by atoms with Crippen LogP contribution in [0.3, 0.4) is 0 Å². The second kappa shape index (κ2) is 7.03. The summed E-state index contributed by atoms with van der Waals surface area (Å²) in [6.45, 7) is 8.30. The number of hydrogen-bond donors (Lipinski definition) is 0. The van der Waals surface area contributed by atoms with E-state index in [-0.39, 0.29) is 0 Å². The number of benzene rings is 2. The molecule has 0 aromatic heterocycles. The van der Waals surface area contributed by atoms with E-state index < -0.39 is 0 Å². The minimum Gasteiger partial charge on any atom is -0.326 e. The molecule has 0 heterocycles. The first-order valence-electron chi connectivity index (χ1n) is 7.42. The van der Waals surface area contributed by atoms with Crippen LogP contribution < -0.4 is 0 Å². The third-order valence-corrected chi connectivity index (χ3v) is 3.62. The van der Waals surface area contributed by atoms with E-state index in [0.29, 0.717) is 0 Å². The van der Waals surface area contributed by atoms with Gasteiger partial charge in [0.05, 0.1) is 24.1 Å². The molecule has 3 nitrogen and oxygen atoms in total. The zero-order valence-corrected chi connectivity index (χ0v) is 14.0. The summed E-state index contributed by atoms with van der Waals surface area (Å²) in [5, 5.41) is 0. The second-order valence-corrected chi connectivity index (χ2v) is 5.64. The molecule has 0 aliphatic rings. The fourth-order valence-corrected chi connectivity index (χ4v) is 2.35. The molecule has 0 saturated carbocycles. The molecular formula is C19H23N3. The molecule has 114 valence electrons. The van der Waals surface area contributed by atoms with Gasteiger partial charge in [-0.25, -0.2) is 9.98 Å². The molecule has 22 heavy (non-hydrogen) atoms. The van der Waals surface area contributed by atoms with Crippen molar-refractivity contribution in [3.63, 3.8) is 0 Å². The van der Waals surface area contributed by atoms with Crippen molar-refractivity contribution in [3.05, 3.63) is 58.7 Å². The van der Waals surface area contributed by atoms with Gasteiger partial charge in [0.1, 0.15) is 0 Å². The van der Waals surface area contributed by atoms with Crippen molar-refractivity contribution in [3.8, 4) is 0 Å². The molecule has 0 amide bonds. The van der Waals surface area contributed by atoms with Crippen LogP contribution in [-0.2, 0) is 0 Å². The third-order valence-electron chi connectivity index (χ3n) is 3.62. The number of hydrogen-bond acceptors (Lipinski definition) is 2. The van der Waals surface area contributed by atoms with Gasteiger partial charge >= 0.3 is 0 Å². The predicted molar refractivity (Wildman–Crippen MR) is 95.9 cm³/mol.